The van der Waals surface area contributed by atoms with Gasteiger partial charge in [-0.15, -0.1) is 0 Å². The smallest absolute Gasteiger partial charge is 1.00 e. The summed E-state index contributed by atoms with van der Waals surface area (Å²) < 4.78 is 3.64. The fraction of sp³-hybridized carbons (Fsp3) is 0.556. The third-order valence-corrected chi connectivity index (χ3v) is 9.61. The number of halogens is 2. The first-order chi connectivity index (χ1) is 8.99. The van der Waals surface area contributed by atoms with Crippen LogP contribution in [0.3, 0.4) is 0 Å². The molecule has 0 aromatic heterocycles. The topological polar surface area (TPSA) is 0 Å². The zero-order chi connectivity index (χ0) is 14.2. The number of rotatable bonds is 4. The molecule has 0 fully saturated rings. The molecule has 2 aliphatic carbocycles. The van der Waals surface area contributed by atoms with Gasteiger partial charge in [0.25, 0.3) is 0 Å². The molecule has 0 N–H and O–H groups in total. The Morgan fingerprint density at radius 2 is 1.05 bits per heavy atom. The molecule has 0 unspecified atom stereocenters. The van der Waals surface area contributed by atoms with E-state index in [0.29, 0.717) is 0 Å². The molecule has 0 aliphatic heterocycles. The largest absolute Gasteiger partial charge is 1.00 e. The Bertz CT molecular complexity index is 485. The molecule has 0 spiro atoms. The van der Waals surface area contributed by atoms with Crippen molar-refractivity contribution >= 4 is 0 Å². The minimum atomic E-state index is -0.592. The molecule has 0 nitrogen and oxygen atoms in total. The first-order valence-corrected chi connectivity index (χ1v) is 9.99. The molecule has 2 rings (SSSR count). The molecule has 116 valence electrons. The van der Waals surface area contributed by atoms with E-state index in [9.17, 15) is 0 Å². The van der Waals surface area contributed by atoms with E-state index < -0.39 is 23.2 Å². The maximum absolute atomic E-state index is 2.36. The fourth-order valence-electron chi connectivity index (χ4n) is 3.13. The Balaban J connectivity index is 0.00000200. The standard InChI is InChI=1S/2C9H13.2ClH.Zr/c2*1-4-9-5-7(2)8(3)6-9;;;/h2*4-5H2,1-3H3;2*1H;/q;;;;+2/p-2. The van der Waals surface area contributed by atoms with Crippen LogP contribution in [0.15, 0.2) is 40.0 Å². The Hall–Kier alpha value is 0.423. The molecule has 0 aromatic carbocycles. The fourth-order valence-corrected chi connectivity index (χ4v) is 7.89. The van der Waals surface area contributed by atoms with E-state index in [0.717, 1.165) is 0 Å². The maximum Gasteiger partial charge on any atom is -1.00 e. The summed E-state index contributed by atoms with van der Waals surface area (Å²) in [6.45, 7) is 14.0. The predicted octanol–water partition coefficient (Wildman–Crippen LogP) is -0.115. The van der Waals surface area contributed by atoms with E-state index in [2.05, 4.69) is 41.5 Å². The van der Waals surface area contributed by atoms with Crippen LogP contribution in [0.5, 0.6) is 0 Å². The average molecular weight is 405 g/mol. The van der Waals surface area contributed by atoms with Crippen LogP contribution in [-0.4, -0.2) is 0 Å². The van der Waals surface area contributed by atoms with Gasteiger partial charge in [-0.2, -0.15) is 0 Å². The van der Waals surface area contributed by atoms with Gasteiger partial charge in [0, 0.05) is 0 Å². The number of allylic oxidation sites excluding steroid dienone is 8. The van der Waals surface area contributed by atoms with Crippen LogP contribution in [0.4, 0.5) is 0 Å². The summed E-state index contributed by atoms with van der Waals surface area (Å²) in [5.41, 5.74) is 10.0. The molecular formula is C18H26Cl2Zr. The summed E-state index contributed by atoms with van der Waals surface area (Å²) in [4.78, 5) is 0. The minimum absolute atomic E-state index is 0. The summed E-state index contributed by atoms with van der Waals surface area (Å²) >= 11 is -0.592. The van der Waals surface area contributed by atoms with Crippen molar-refractivity contribution in [3.63, 3.8) is 0 Å². The molecule has 0 saturated carbocycles. The number of hydrogen-bond acceptors (Lipinski definition) is 0. The van der Waals surface area contributed by atoms with Crippen molar-refractivity contribution in [2.75, 3.05) is 0 Å². The molecule has 21 heavy (non-hydrogen) atoms. The first kappa shape index (κ1) is 21.4. The number of hydrogen-bond donors (Lipinski definition) is 0. The molecule has 2 aliphatic rings. The normalized spacial score (nSPS) is 18.2. The Morgan fingerprint density at radius 3 is 1.33 bits per heavy atom. The zero-order valence-corrected chi connectivity index (χ0v) is 18.1. The van der Waals surface area contributed by atoms with Crippen LogP contribution < -0.4 is 24.8 Å². The maximum atomic E-state index is 2.36. The van der Waals surface area contributed by atoms with E-state index in [-0.39, 0.29) is 24.8 Å². The third-order valence-electron chi connectivity index (χ3n) is 4.80. The summed E-state index contributed by atoms with van der Waals surface area (Å²) in [6.07, 6.45) is 5.02. The Labute approximate surface area is 154 Å². The molecule has 0 radical (unpaired) electrons. The van der Waals surface area contributed by atoms with Crippen molar-refractivity contribution in [2.24, 2.45) is 0 Å². The second kappa shape index (κ2) is 8.90. The van der Waals surface area contributed by atoms with Gasteiger partial charge in [-0.1, -0.05) is 0 Å². The van der Waals surface area contributed by atoms with Gasteiger partial charge < -0.3 is 24.8 Å². The van der Waals surface area contributed by atoms with Crippen molar-refractivity contribution in [3.05, 3.63) is 40.0 Å². The molecule has 0 heterocycles. The van der Waals surface area contributed by atoms with Gasteiger partial charge in [0.05, 0.1) is 0 Å². The molecule has 0 bridgehead atoms. The SMILES string of the molecule is CCC1=[C]([Zr+2][C]2=C(CC)CC(C)=C2C)C(C)=C(C)C1.[Cl-].[Cl-]. The van der Waals surface area contributed by atoms with E-state index in [1.807, 2.05) is 6.56 Å². The monoisotopic (exact) mass is 402 g/mol. The van der Waals surface area contributed by atoms with Crippen molar-refractivity contribution < 1.29 is 48.0 Å². The molecule has 0 saturated heterocycles. The van der Waals surface area contributed by atoms with E-state index in [1.54, 1.807) is 33.4 Å². The molecule has 3 heteroatoms. The third kappa shape index (κ3) is 4.24. The summed E-state index contributed by atoms with van der Waals surface area (Å²) in [5.74, 6) is 0. The van der Waals surface area contributed by atoms with Crippen LogP contribution in [-0.2, 0) is 23.2 Å². The quantitative estimate of drug-likeness (QED) is 0.613. The zero-order valence-electron chi connectivity index (χ0n) is 14.1. The molecule has 0 aromatic rings. The summed E-state index contributed by atoms with van der Waals surface area (Å²) in [6, 6.07) is 0. The van der Waals surface area contributed by atoms with Crippen molar-refractivity contribution in [1.82, 2.24) is 0 Å². The summed E-state index contributed by atoms with van der Waals surface area (Å²) in [7, 11) is 0. The van der Waals surface area contributed by atoms with Gasteiger partial charge >= 0.3 is 130 Å². The van der Waals surface area contributed by atoms with Crippen LogP contribution in [0.25, 0.3) is 0 Å². The van der Waals surface area contributed by atoms with E-state index >= 15 is 0 Å². The molecular weight excluding hydrogens is 378 g/mol. The van der Waals surface area contributed by atoms with Crippen LogP contribution in [0, 0.1) is 0 Å². The Morgan fingerprint density at radius 1 is 0.714 bits per heavy atom. The second-order valence-corrected chi connectivity index (χ2v) is 9.03. The van der Waals surface area contributed by atoms with E-state index in [4.69, 9.17) is 0 Å². The van der Waals surface area contributed by atoms with Crippen LogP contribution in [0.2, 0.25) is 0 Å². The van der Waals surface area contributed by atoms with Gasteiger partial charge in [-0.3, -0.25) is 0 Å². The van der Waals surface area contributed by atoms with Gasteiger partial charge in [0.1, 0.15) is 0 Å². The van der Waals surface area contributed by atoms with E-state index in [1.165, 1.54) is 25.7 Å². The minimum Gasteiger partial charge on any atom is -1.00 e. The Kier molecular flexibility index (Phi) is 9.08. The second-order valence-electron chi connectivity index (χ2n) is 5.95. The van der Waals surface area contributed by atoms with Crippen LogP contribution >= 0.6 is 0 Å². The van der Waals surface area contributed by atoms with Crippen molar-refractivity contribution in [3.8, 4) is 0 Å². The van der Waals surface area contributed by atoms with Crippen molar-refractivity contribution in [1.29, 1.82) is 0 Å². The predicted molar refractivity (Wildman–Crippen MR) is 80.6 cm³/mol. The molecule has 0 atom stereocenters. The summed E-state index contributed by atoms with van der Waals surface area (Å²) in [5, 5.41) is 0. The first-order valence-electron chi connectivity index (χ1n) is 7.54. The molecule has 0 amide bonds. The van der Waals surface area contributed by atoms with Crippen molar-refractivity contribution in [2.45, 2.75) is 67.2 Å². The average Bonchev–Trinajstić information content (AvgIpc) is 2.83. The van der Waals surface area contributed by atoms with Gasteiger partial charge in [0.15, 0.2) is 0 Å². The van der Waals surface area contributed by atoms with Gasteiger partial charge in [-0.05, 0) is 0 Å². The van der Waals surface area contributed by atoms with Gasteiger partial charge in [-0.25, -0.2) is 0 Å². The van der Waals surface area contributed by atoms with Crippen LogP contribution in [0.1, 0.15) is 67.2 Å². The van der Waals surface area contributed by atoms with Gasteiger partial charge in [0.2, 0.25) is 0 Å².